The molecule has 2 nitrogen and oxygen atoms in total. The molecule has 1 aliphatic heterocycles. The highest BCUT2D eigenvalue weighted by atomic mass is 16.3. The van der Waals surface area contributed by atoms with Gasteiger partial charge in [-0.2, -0.15) is 0 Å². The first kappa shape index (κ1) is 5.69. The first-order valence-electron chi connectivity index (χ1n) is 3.80. The Kier molecular flexibility index (Phi) is 1.24. The van der Waals surface area contributed by atoms with E-state index in [9.17, 15) is 5.11 Å². The Morgan fingerprint density at radius 1 is 1.22 bits per heavy atom. The first-order chi connectivity index (χ1) is 4.38. The summed E-state index contributed by atoms with van der Waals surface area (Å²) in [5.41, 5.74) is 0. The summed E-state index contributed by atoms with van der Waals surface area (Å²) in [6.07, 6.45) is 3.47. The van der Waals surface area contributed by atoms with E-state index >= 15 is 0 Å². The van der Waals surface area contributed by atoms with Crippen molar-refractivity contribution < 1.29 is 5.11 Å². The zero-order chi connectivity index (χ0) is 6.27. The van der Waals surface area contributed by atoms with E-state index in [1.165, 1.54) is 25.9 Å². The van der Waals surface area contributed by atoms with Gasteiger partial charge in [0.1, 0.15) is 0 Å². The van der Waals surface area contributed by atoms with Crippen LogP contribution in [0.2, 0.25) is 0 Å². The van der Waals surface area contributed by atoms with E-state index in [1.807, 2.05) is 0 Å². The third kappa shape index (κ3) is 0.970. The van der Waals surface area contributed by atoms with Crippen LogP contribution in [0.25, 0.3) is 0 Å². The third-order valence-corrected chi connectivity index (χ3v) is 2.39. The average molecular weight is 127 g/mol. The minimum Gasteiger partial charge on any atom is -0.391 e. The van der Waals surface area contributed by atoms with Crippen LogP contribution in [0.15, 0.2) is 0 Å². The maximum absolute atomic E-state index is 9.36. The molecular weight excluding hydrogens is 114 g/mol. The van der Waals surface area contributed by atoms with Crippen molar-refractivity contribution in [2.24, 2.45) is 0 Å². The molecule has 2 rings (SSSR count). The molecule has 2 fully saturated rings. The summed E-state index contributed by atoms with van der Waals surface area (Å²) in [6, 6.07) is 0.532. The molecule has 1 saturated heterocycles. The molecule has 0 radical (unpaired) electrons. The monoisotopic (exact) mass is 127 g/mol. The van der Waals surface area contributed by atoms with Gasteiger partial charge in [0.15, 0.2) is 0 Å². The van der Waals surface area contributed by atoms with Crippen molar-refractivity contribution in [2.45, 2.75) is 31.4 Å². The normalized spacial score (nSPS) is 43.7. The lowest BCUT2D eigenvalue weighted by Crippen LogP contribution is -2.27. The maximum Gasteiger partial charge on any atom is 0.0695 e. The number of hydrogen-bond donors (Lipinski definition) is 1. The molecule has 0 spiro atoms. The standard InChI is InChI=1S/C7H13NO/c9-7-3-1-2-6(7)8-4-5-8/h6-7,9H,1-5H2/t6-,7-/m0/s1. The van der Waals surface area contributed by atoms with Crippen molar-refractivity contribution in [1.29, 1.82) is 0 Å². The minimum absolute atomic E-state index is 0.00694. The summed E-state index contributed by atoms with van der Waals surface area (Å²) in [5.74, 6) is 0. The molecule has 0 unspecified atom stereocenters. The van der Waals surface area contributed by atoms with Crippen LogP contribution in [0.1, 0.15) is 19.3 Å². The van der Waals surface area contributed by atoms with Crippen LogP contribution >= 0.6 is 0 Å². The summed E-state index contributed by atoms with van der Waals surface area (Å²) >= 11 is 0. The minimum atomic E-state index is -0.00694. The van der Waals surface area contributed by atoms with Crippen molar-refractivity contribution in [2.75, 3.05) is 13.1 Å². The smallest absolute Gasteiger partial charge is 0.0695 e. The Hall–Kier alpha value is -0.0800. The Bertz CT molecular complexity index is 111. The highest BCUT2D eigenvalue weighted by molar-refractivity contribution is 4.91. The van der Waals surface area contributed by atoms with Gasteiger partial charge in [0.05, 0.1) is 6.10 Å². The van der Waals surface area contributed by atoms with Gasteiger partial charge in [0.2, 0.25) is 0 Å². The number of aliphatic hydroxyl groups is 1. The molecule has 1 aliphatic carbocycles. The first-order valence-corrected chi connectivity index (χ1v) is 3.80. The van der Waals surface area contributed by atoms with Gasteiger partial charge in [-0.1, -0.05) is 0 Å². The van der Waals surface area contributed by atoms with E-state index < -0.39 is 0 Å². The van der Waals surface area contributed by atoms with E-state index in [0.717, 1.165) is 6.42 Å². The zero-order valence-corrected chi connectivity index (χ0v) is 5.58. The van der Waals surface area contributed by atoms with Crippen molar-refractivity contribution in [3.05, 3.63) is 0 Å². The largest absolute Gasteiger partial charge is 0.391 e. The van der Waals surface area contributed by atoms with Crippen LogP contribution in [-0.2, 0) is 0 Å². The van der Waals surface area contributed by atoms with Crippen LogP contribution in [-0.4, -0.2) is 35.2 Å². The van der Waals surface area contributed by atoms with Crippen LogP contribution in [0, 0.1) is 0 Å². The van der Waals surface area contributed by atoms with Gasteiger partial charge in [0.25, 0.3) is 0 Å². The van der Waals surface area contributed by atoms with Crippen molar-refractivity contribution >= 4 is 0 Å². The Morgan fingerprint density at radius 2 is 2.00 bits per heavy atom. The van der Waals surface area contributed by atoms with Crippen molar-refractivity contribution in [3.8, 4) is 0 Å². The quantitative estimate of drug-likeness (QED) is 0.509. The average Bonchev–Trinajstić information content (AvgIpc) is 2.58. The number of rotatable bonds is 1. The molecule has 0 amide bonds. The highest BCUT2D eigenvalue weighted by Gasteiger charge is 2.35. The van der Waals surface area contributed by atoms with Gasteiger partial charge in [-0.3, -0.25) is 4.90 Å². The molecule has 2 heteroatoms. The molecule has 1 saturated carbocycles. The number of aliphatic hydroxyl groups excluding tert-OH is 1. The lowest BCUT2D eigenvalue weighted by Gasteiger charge is -2.14. The molecule has 52 valence electrons. The van der Waals surface area contributed by atoms with Crippen LogP contribution in [0.5, 0.6) is 0 Å². The summed E-state index contributed by atoms with van der Waals surface area (Å²) in [6.45, 7) is 2.45. The van der Waals surface area contributed by atoms with Gasteiger partial charge in [0, 0.05) is 19.1 Å². The third-order valence-electron chi connectivity index (χ3n) is 2.39. The second kappa shape index (κ2) is 1.96. The second-order valence-corrected chi connectivity index (χ2v) is 3.10. The fraction of sp³-hybridized carbons (Fsp3) is 1.00. The SMILES string of the molecule is O[C@H]1CCC[C@@H]1N1CC1. The molecule has 1 heterocycles. The van der Waals surface area contributed by atoms with Crippen LogP contribution in [0.4, 0.5) is 0 Å². The Labute approximate surface area is 55.5 Å². The molecule has 1 N–H and O–H groups in total. The fourth-order valence-corrected chi connectivity index (χ4v) is 1.74. The lowest BCUT2D eigenvalue weighted by molar-refractivity contribution is 0.124. The number of hydrogen-bond acceptors (Lipinski definition) is 2. The van der Waals surface area contributed by atoms with Gasteiger partial charge in [-0.25, -0.2) is 0 Å². The maximum atomic E-state index is 9.36. The van der Waals surface area contributed by atoms with Gasteiger partial charge in [-0.05, 0) is 19.3 Å². The van der Waals surface area contributed by atoms with Crippen molar-refractivity contribution in [3.63, 3.8) is 0 Å². The molecule has 0 aromatic heterocycles. The lowest BCUT2D eigenvalue weighted by atomic mass is 10.2. The van der Waals surface area contributed by atoms with E-state index in [2.05, 4.69) is 4.90 Å². The summed E-state index contributed by atoms with van der Waals surface area (Å²) < 4.78 is 0. The topological polar surface area (TPSA) is 23.2 Å². The second-order valence-electron chi connectivity index (χ2n) is 3.10. The van der Waals surface area contributed by atoms with Gasteiger partial charge in [-0.15, -0.1) is 0 Å². The Balaban J connectivity index is 1.93. The van der Waals surface area contributed by atoms with E-state index in [0.29, 0.717) is 6.04 Å². The highest BCUT2D eigenvalue weighted by Crippen LogP contribution is 2.27. The molecule has 2 aliphatic rings. The molecule has 2 atom stereocenters. The predicted molar refractivity (Wildman–Crippen MR) is 35.2 cm³/mol. The summed E-state index contributed by atoms with van der Waals surface area (Å²) in [5, 5.41) is 9.36. The van der Waals surface area contributed by atoms with E-state index in [-0.39, 0.29) is 6.10 Å². The Morgan fingerprint density at radius 3 is 2.44 bits per heavy atom. The van der Waals surface area contributed by atoms with Crippen LogP contribution < -0.4 is 0 Å². The summed E-state index contributed by atoms with van der Waals surface area (Å²) in [7, 11) is 0. The zero-order valence-electron chi connectivity index (χ0n) is 5.58. The molecular formula is C7H13NO. The molecule has 0 aromatic rings. The molecule has 9 heavy (non-hydrogen) atoms. The van der Waals surface area contributed by atoms with E-state index in [4.69, 9.17) is 0 Å². The van der Waals surface area contributed by atoms with Crippen LogP contribution in [0.3, 0.4) is 0 Å². The molecule has 0 aromatic carbocycles. The summed E-state index contributed by atoms with van der Waals surface area (Å²) in [4.78, 5) is 2.36. The van der Waals surface area contributed by atoms with Gasteiger partial charge < -0.3 is 5.11 Å². The number of nitrogens with zero attached hydrogens (tertiary/aromatic N) is 1. The molecule has 0 bridgehead atoms. The van der Waals surface area contributed by atoms with Crippen molar-refractivity contribution in [1.82, 2.24) is 4.90 Å². The predicted octanol–water partition coefficient (Wildman–Crippen LogP) is 0.215. The van der Waals surface area contributed by atoms with E-state index in [1.54, 1.807) is 0 Å². The van der Waals surface area contributed by atoms with Gasteiger partial charge >= 0.3 is 0 Å². The fourth-order valence-electron chi connectivity index (χ4n) is 1.74.